The molecule has 0 spiro atoms. The van der Waals surface area contributed by atoms with Crippen LogP contribution < -0.4 is 15.0 Å². The fourth-order valence-electron chi connectivity index (χ4n) is 2.68. The highest BCUT2D eigenvalue weighted by Gasteiger charge is 2.26. The molecule has 6 nitrogen and oxygen atoms in total. The molecule has 7 heteroatoms. The van der Waals surface area contributed by atoms with Crippen molar-refractivity contribution in [2.45, 2.75) is 27.7 Å². The second-order valence-corrected chi connectivity index (χ2v) is 8.60. The minimum atomic E-state index is -0.492. The highest BCUT2D eigenvalue weighted by molar-refractivity contribution is 7.16. The quantitative estimate of drug-likeness (QED) is 0.807. The summed E-state index contributed by atoms with van der Waals surface area (Å²) in [6.45, 7) is 11.7. The fourth-order valence-corrected chi connectivity index (χ4v) is 3.51. The van der Waals surface area contributed by atoms with E-state index in [0.717, 1.165) is 16.1 Å². The summed E-state index contributed by atoms with van der Waals surface area (Å²) in [6.07, 6.45) is 1.69. The van der Waals surface area contributed by atoms with Gasteiger partial charge >= 0.3 is 0 Å². The van der Waals surface area contributed by atoms with Gasteiger partial charge in [-0.05, 0) is 25.1 Å². The van der Waals surface area contributed by atoms with E-state index in [1.54, 1.807) is 11.0 Å². The number of aromatic nitrogens is 1. The van der Waals surface area contributed by atoms with Gasteiger partial charge < -0.3 is 15.0 Å². The number of hydrogen-bond acceptors (Lipinski definition) is 5. The van der Waals surface area contributed by atoms with Crippen LogP contribution in [0.5, 0.6) is 5.75 Å². The molecular formula is C20H23N3O3S. The second kappa shape index (κ2) is 7.15. The standard InChI is InChI=1S/C20H23N3O3S/c1-6-9-23-14-10-13(7-8-15(14)26-11-16(23)24)17-12(2)27-19(21-17)22-18(25)20(3,4)5/h6-8,10H,1,9,11H2,2-5H3,(H,21,22,25). The number of nitrogens with zero attached hydrogens (tertiary/aromatic N) is 2. The smallest absolute Gasteiger partial charge is 0.265 e. The van der Waals surface area contributed by atoms with Gasteiger partial charge in [-0.15, -0.1) is 17.9 Å². The lowest BCUT2D eigenvalue weighted by Crippen LogP contribution is -2.38. The molecule has 2 heterocycles. The molecule has 0 aliphatic carbocycles. The summed E-state index contributed by atoms with van der Waals surface area (Å²) < 4.78 is 5.53. The summed E-state index contributed by atoms with van der Waals surface area (Å²) in [6, 6.07) is 5.66. The first-order chi connectivity index (χ1) is 12.7. The van der Waals surface area contributed by atoms with Gasteiger partial charge in [-0.3, -0.25) is 9.59 Å². The molecule has 0 unspecified atom stereocenters. The van der Waals surface area contributed by atoms with Crippen molar-refractivity contribution in [2.75, 3.05) is 23.4 Å². The molecule has 1 aliphatic heterocycles. The van der Waals surface area contributed by atoms with Crippen LogP contribution in [-0.4, -0.2) is 29.9 Å². The third kappa shape index (κ3) is 3.88. The average molecular weight is 385 g/mol. The van der Waals surface area contributed by atoms with Gasteiger partial charge in [0, 0.05) is 22.4 Å². The van der Waals surface area contributed by atoms with Crippen LogP contribution >= 0.6 is 11.3 Å². The summed E-state index contributed by atoms with van der Waals surface area (Å²) in [4.78, 5) is 31.6. The molecule has 2 amide bonds. The van der Waals surface area contributed by atoms with Gasteiger partial charge in [-0.2, -0.15) is 0 Å². The number of anilines is 2. The molecular weight excluding hydrogens is 362 g/mol. The van der Waals surface area contributed by atoms with Crippen LogP contribution in [0.15, 0.2) is 30.9 Å². The summed E-state index contributed by atoms with van der Waals surface area (Å²) in [5, 5.41) is 3.44. The van der Waals surface area contributed by atoms with Gasteiger partial charge in [-0.25, -0.2) is 4.98 Å². The van der Waals surface area contributed by atoms with Crippen LogP contribution in [-0.2, 0) is 9.59 Å². The maximum Gasteiger partial charge on any atom is 0.265 e. The molecule has 1 aromatic carbocycles. The lowest BCUT2D eigenvalue weighted by atomic mass is 9.96. The van der Waals surface area contributed by atoms with Gasteiger partial charge in [-0.1, -0.05) is 26.8 Å². The number of benzene rings is 1. The highest BCUT2D eigenvalue weighted by Crippen LogP contribution is 2.38. The van der Waals surface area contributed by atoms with Gasteiger partial charge in [0.2, 0.25) is 5.91 Å². The van der Waals surface area contributed by atoms with Crippen LogP contribution in [0.2, 0.25) is 0 Å². The molecule has 0 fully saturated rings. The van der Waals surface area contributed by atoms with Crippen molar-refractivity contribution in [1.29, 1.82) is 0 Å². The van der Waals surface area contributed by atoms with E-state index in [1.807, 2.05) is 45.9 Å². The van der Waals surface area contributed by atoms with E-state index in [9.17, 15) is 9.59 Å². The third-order valence-electron chi connectivity index (χ3n) is 4.19. The number of amides is 2. The Kier molecular flexibility index (Phi) is 5.06. The maximum absolute atomic E-state index is 12.2. The van der Waals surface area contributed by atoms with Crippen LogP contribution in [0, 0.1) is 12.3 Å². The Morgan fingerprint density at radius 2 is 2.19 bits per heavy atom. The Hall–Kier alpha value is -2.67. The van der Waals surface area contributed by atoms with Crippen molar-refractivity contribution >= 4 is 34.0 Å². The lowest BCUT2D eigenvalue weighted by Gasteiger charge is -2.28. The predicted molar refractivity (Wildman–Crippen MR) is 108 cm³/mol. The normalized spacial score (nSPS) is 13.8. The van der Waals surface area contributed by atoms with E-state index in [4.69, 9.17) is 4.74 Å². The van der Waals surface area contributed by atoms with E-state index < -0.39 is 5.41 Å². The largest absolute Gasteiger partial charge is 0.482 e. The number of nitrogens with one attached hydrogen (secondary N) is 1. The molecule has 1 aromatic heterocycles. The molecule has 1 N–H and O–H groups in total. The first-order valence-corrected chi connectivity index (χ1v) is 9.49. The molecule has 1 aliphatic rings. The Morgan fingerprint density at radius 1 is 1.44 bits per heavy atom. The number of carbonyl (C=O) groups excluding carboxylic acids is 2. The number of carbonyl (C=O) groups is 2. The summed E-state index contributed by atoms with van der Waals surface area (Å²) in [5.74, 6) is 0.478. The van der Waals surface area contributed by atoms with Crippen molar-refractivity contribution in [3.63, 3.8) is 0 Å². The van der Waals surface area contributed by atoms with Crippen molar-refractivity contribution in [3.8, 4) is 17.0 Å². The van der Waals surface area contributed by atoms with Gasteiger partial charge in [0.1, 0.15) is 5.75 Å². The van der Waals surface area contributed by atoms with Gasteiger partial charge in [0.15, 0.2) is 11.7 Å². The first-order valence-electron chi connectivity index (χ1n) is 8.68. The molecule has 0 radical (unpaired) electrons. The number of hydrogen-bond donors (Lipinski definition) is 1. The molecule has 0 bridgehead atoms. The summed E-state index contributed by atoms with van der Waals surface area (Å²) in [7, 11) is 0. The van der Waals surface area contributed by atoms with Crippen LogP contribution in [0.25, 0.3) is 11.3 Å². The zero-order valence-corrected chi connectivity index (χ0v) is 16.8. The molecule has 27 heavy (non-hydrogen) atoms. The zero-order chi connectivity index (χ0) is 19.8. The fraction of sp³-hybridized carbons (Fsp3) is 0.350. The molecule has 3 rings (SSSR count). The minimum absolute atomic E-state index is 0.0267. The predicted octanol–water partition coefficient (Wildman–Crippen LogP) is 4.01. The van der Waals surface area contributed by atoms with Crippen LogP contribution in [0.4, 0.5) is 10.8 Å². The van der Waals surface area contributed by atoms with E-state index >= 15 is 0 Å². The first kappa shape index (κ1) is 19.1. The molecule has 2 aromatic rings. The number of fused-ring (bicyclic) bond motifs is 1. The van der Waals surface area contributed by atoms with E-state index in [1.165, 1.54) is 11.3 Å². The van der Waals surface area contributed by atoms with Crippen molar-refractivity contribution in [3.05, 3.63) is 35.7 Å². The third-order valence-corrected chi connectivity index (χ3v) is 5.07. The molecule has 0 saturated heterocycles. The van der Waals surface area contributed by atoms with Crippen molar-refractivity contribution in [2.24, 2.45) is 5.41 Å². The number of aryl methyl sites for hydroxylation is 1. The van der Waals surface area contributed by atoms with Crippen molar-refractivity contribution in [1.82, 2.24) is 4.98 Å². The van der Waals surface area contributed by atoms with E-state index in [2.05, 4.69) is 16.9 Å². The lowest BCUT2D eigenvalue weighted by molar-refractivity contribution is -0.123. The topological polar surface area (TPSA) is 71.5 Å². The number of ether oxygens (including phenoxy) is 1. The number of thiazole rings is 1. The zero-order valence-electron chi connectivity index (χ0n) is 16.0. The highest BCUT2D eigenvalue weighted by atomic mass is 32.1. The Bertz CT molecular complexity index is 912. The van der Waals surface area contributed by atoms with E-state index in [-0.39, 0.29) is 18.4 Å². The summed E-state index contributed by atoms with van der Waals surface area (Å²) in [5.41, 5.74) is 1.86. The average Bonchev–Trinajstić information content (AvgIpc) is 2.96. The van der Waals surface area contributed by atoms with Crippen LogP contribution in [0.3, 0.4) is 0 Å². The Labute approximate surface area is 162 Å². The molecule has 0 saturated carbocycles. The Balaban J connectivity index is 1.95. The van der Waals surface area contributed by atoms with Gasteiger partial charge in [0.25, 0.3) is 5.91 Å². The Morgan fingerprint density at radius 3 is 2.85 bits per heavy atom. The van der Waals surface area contributed by atoms with Crippen LogP contribution in [0.1, 0.15) is 25.6 Å². The second-order valence-electron chi connectivity index (χ2n) is 7.39. The SMILES string of the molecule is C=CCN1C(=O)COc2ccc(-c3nc(NC(=O)C(C)(C)C)sc3C)cc21. The summed E-state index contributed by atoms with van der Waals surface area (Å²) >= 11 is 1.43. The maximum atomic E-state index is 12.2. The monoisotopic (exact) mass is 385 g/mol. The van der Waals surface area contributed by atoms with Crippen molar-refractivity contribution < 1.29 is 14.3 Å². The van der Waals surface area contributed by atoms with Gasteiger partial charge in [0.05, 0.1) is 11.4 Å². The number of rotatable bonds is 4. The van der Waals surface area contributed by atoms with E-state index in [0.29, 0.717) is 23.1 Å². The minimum Gasteiger partial charge on any atom is -0.482 e. The molecule has 142 valence electrons. The molecule has 0 atom stereocenters.